The smallest absolute Gasteiger partial charge is 0.161 e. The van der Waals surface area contributed by atoms with Gasteiger partial charge in [0.1, 0.15) is 0 Å². The van der Waals surface area contributed by atoms with E-state index in [0.717, 1.165) is 36.3 Å². The van der Waals surface area contributed by atoms with E-state index in [1.165, 1.54) is 12.1 Å². The number of anilines is 1. The molecule has 2 nitrogen and oxygen atoms in total. The van der Waals surface area contributed by atoms with E-state index < -0.39 is 11.6 Å². The van der Waals surface area contributed by atoms with Crippen LogP contribution in [0, 0.1) is 18.6 Å². The van der Waals surface area contributed by atoms with Gasteiger partial charge in [-0.3, -0.25) is 4.98 Å². The minimum atomic E-state index is -0.854. The fourth-order valence-corrected chi connectivity index (χ4v) is 2.23. The molecule has 2 aromatic rings. The Morgan fingerprint density at radius 3 is 2.47 bits per heavy atom. The van der Waals surface area contributed by atoms with E-state index in [1.54, 1.807) is 0 Å². The lowest BCUT2D eigenvalue weighted by molar-refractivity contribution is 0.510. The summed E-state index contributed by atoms with van der Waals surface area (Å²) < 4.78 is 26.8. The van der Waals surface area contributed by atoms with Gasteiger partial charge in [0, 0.05) is 29.4 Å². The van der Waals surface area contributed by atoms with Gasteiger partial charge in [-0.25, -0.2) is 8.78 Å². The summed E-state index contributed by atoms with van der Waals surface area (Å²) >= 11 is 0. The predicted molar refractivity (Wildman–Crippen MR) is 74.6 cm³/mol. The molecule has 0 saturated heterocycles. The van der Waals surface area contributed by atoms with Crippen LogP contribution in [0.2, 0.25) is 0 Å². The number of rotatable bonds is 4. The van der Waals surface area contributed by atoms with Crippen molar-refractivity contribution in [3.05, 3.63) is 35.0 Å². The van der Waals surface area contributed by atoms with E-state index in [4.69, 9.17) is 0 Å². The third kappa shape index (κ3) is 2.53. The van der Waals surface area contributed by atoms with Gasteiger partial charge in [-0.2, -0.15) is 0 Å². The van der Waals surface area contributed by atoms with E-state index in [2.05, 4.69) is 17.2 Å². The Balaban J connectivity index is 2.71. The second-order valence-electron chi connectivity index (χ2n) is 4.62. The lowest BCUT2D eigenvalue weighted by Crippen LogP contribution is -2.06. The Labute approximate surface area is 111 Å². The van der Waals surface area contributed by atoms with E-state index in [-0.39, 0.29) is 0 Å². The summed E-state index contributed by atoms with van der Waals surface area (Å²) in [7, 11) is 0. The van der Waals surface area contributed by atoms with Crippen molar-refractivity contribution in [1.82, 2.24) is 4.98 Å². The van der Waals surface area contributed by atoms with Crippen LogP contribution < -0.4 is 5.32 Å². The van der Waals surface area contributed by atoms with Gasteiger partial charge >= 0.3 is 0 Å². The molecule has 4 heteroatoms. The van der Waals surface area contributed by atoms with Crippen molar-refractivity contribution in [2.45, 2.75) is 33.6 Å². The molecule has 0 amide bonds. The van der Waals surface area contributed by atoms with E-state index in [0.29, 0.717) is 10.9 Å². The first-order chi connectivity index (χ1) is 9.08. The number of pyridine rings is 1. The number of hydrogen-bond acceptors (Lipinski definition) is 2. The zero-order valence-electron chi connectivity index (χ0n) is 11.5. The SMILES string of the molecule is CCCNc1c(C)c(CC)nc2cc(F)c(F)cc12. The molecule has 0 atom stereocenters. The summed E-state index contributed by atoms with van der Waals surface area (Å²) in [5.41, 5.74) is 3.29. The number of fused-ring (bicyclic) bond motifs is 1. The third-order valence-corrected chi connectivity index (χ3v) is 3.26. The van der Waals surface area contributed by atoms with Gasteiger partial charge in [-0.05, 0) is 31.4 Å². The van der Waals surface area contributed by atoms with Gasteiger partial charge in [0.15, 0.2) is 11.6 Å². The standard InChI is InChI=1S/C15H18F2N2/c1-4-6-18-15-9(3)13(5-2)19-14-8-12(17)11(16)7-10(14)15/h7-8H,4-6H2,1-3H3,(H,18,19). The van der Waals surface area contributed by atoms with Crippen molar-refractivity contribution in [1.29, 1.82) is 0 Å². The molecule has 0 aliphatic carbocycles. The molecule has 0 fully saturated rings. The molecule has 0 aliphatic heterocycles. The fraction of sp³-hybridized carbons (Fsp3) is 0.400. The normalized spacial score (nSPS) is 11.0. The first-order valence-electron chi connectivity index (χ1n) is 6.60. The van der Waals surface area contributed by atoms with Crippen molar-refractivity contribution in [2.75, 3.05) is 11.9 Å². The number of aryl methyl sites for hydroxylation is 1. The number of benzene rings is 1. The highest BCUT2D eigenvalue weighted by molar-refractivity contribution is 5.93. The maximum atomic E-state index is 13.4. The molecule has 1 aromatic carbocycles. The van der Waals surface area contributed by atoms with E-state index >= 15 is 0 Å². The van der Waals surface area contributed by atoms with Crippen LogP contribution in [0.4, 0.5) is 14.5 Å². The lowest BCUT2D eigenvalue weighted by Gasteiger charge is -2.15. The molecule has 0 spiro atoms. The summed E-state index contributed by atoms with van der Waals surface area (Å²) in [4.78, 5) is 4.42. The second kappa shape index (κ2) is 5.51. The topological polar surface area (TPSA) is 24.9 Å². The van der Waals surface area contributed by atoms with Gasteiger partial charge in [-0.15, -0.1) is 0 Å². The van der Waals surface area contributed by atoms with Gasteiger partial charge in [0.25, 0.3) is 0 Å². The monoisotopic (exact) mass is 264 g/mol. The van der Waals surface area contributed by atoms with Gasteiger partial charge < -0.3 is 5.32 Å². The van der Waals surface area contributed by atoms with Gasteiger partial charge in [0.2, 0.25) is 0 Å². The molecule has 102 valence electrons. The van der Waals surface area contributed by atoms with Crippen LogP contribution in [0.25, 0.3) is 10.9 Å². The number of halogens is 2. The minimum Gasteiger partial charge on any atom is -0.384 e. The van der Waals surface area contributed by atoms with Crippen molar-refractivity contribution in [2.24, 2.45) is 0 Å². The van der Waals surface area contributed by atoms with E-state index in [9.17, 15) is 8.78 Å². The average Bonchev–Trinajstić information content (AvgIpc) is 2.39. The van der Waals surface area contributed by atoms with Gasteiger partial charge in [-0.1, -0.05) is 13.8 Å². The average molecular weight is 264 g/mol. The molecule has 19 heavy (non-hydrogen) atoms. The number of hydrogen-bond donors (Lipinski definition) is 1. The van der Waals surface area contributed by atoms with Crippen LogP contribution in [-0.2, 0) is 6.42 Å². The number of nitrogens with one attached hydrogen (secondary N) is 1. The largest absolute Gasteiger partial charge is 0.384 e. The summed E-state index contributed by atoms with van der Waals surface area (Å²) in [6.45, 7) is 6.82. The fourth-order valence-electron chi connectivity index (χ4n) is 2.23. The van der Waals surface area contributed by atoms with Crippen molar-refractivity contribution in [3.63, 3.8) is 0 Å². The molecule has 0 aliphatic rings. The zero-order valence-corrected chi connectivity index (χ0v) is 11.5. The molecular formula is C15H18F2N2. The van der Waals surface area contributed by atoms with Crippen LogP contribution in [0.15, 0.2) is 12.1 Å². The second-order valence-corrected chi connectivity index (χ2v) is 4.62. The molecule has 1 heterocycles. The van der Waals surface area contributed by atoms with Crippen molar-refractivity contribution >= 4 is 16.6 Å². The third-order valence-electron chi connectivity index (χ3n) is 3.26. The maximum absolute atomic E-state index is 13.4. The Morgan fingerprint density at radius 2 is 1.84 bits per heavy atom. The first kappa shape index (κ1) is 13.7. The van der Waals surface area contributed by atoms with Crippen molar-refractivity contribution in [3.8, 4) is 0 Å². The van der Waals surface area contributed by atoms with E-state index in [1.807, 2.05) is 13.8 Å². The Kier molecular flexibility index (Phi) is 3.98. The first-order valence-corrected chi connectivity index (χ1v) is 6.60. The van der Waals surface area contributed by atoms with Crippen LogP contribution in [0.5, 0.6) is 0 Å². The molecule has 1 N–H and O–H groups in total. The summed E-state index contributed by atoms with van der Waals surface area (Å²) in [5.74, 6) is -1.69. The molecular weight excluding hydrogens is 246 g/mol. The van der Waals surface area contributed by atoms with Crippen LogP contribution in [0.1, 0.15) is 31.5 Å². The molecule has 0 bridgehead atoms. The lowest BCUT2D eigenvalue weighted by atomic mass is 10.0. The summed E-state index contributed by atoms with van der Waals surface area (Å²) in [5, 5.41) is 3.94. The summed E-state index contributed by atoms with van der Waals surface area (Å²) in [6, 6.07) is 2.39. The number of nitrogens with zero attached hydrogens (tertiary/aromatic N) is 1. The Hall–Kier alpha value is -1.71. The van der Waals surface area contributed by atoms with Crippen molar-refractivity contribution < 1.29 is 8.78 Å². The highest BCUT2D eigenvalue weighted by atomic mass is 19.2. The number of aromatic nitrogens is 1. The Morgan fingerprint density at radius 1 is 1.16 bits per heavy atom. The van der Waals surface area contributed by atoms with Gasteiger partial charge in [0.05, 0.1) is 5.52 Å². The van der Waals surface area contributed by atoms with Crippen LogP contribution >= 0.6 is 0 Å². The Bertz CT molecular complexity index is 609. The quantitative estimate of drug-likeness (QED) is 0.895. The maximum Gasteiger partial charge on any atom is 0.161 e. The molecule has 2 rings (SSSR count). The molecule has 0 unspecified atom stereocenters. The molecule has 0 saturated carbocycles. The predicted octanol–water partition coefficient (Wildman–Crippen LogP) is 4.21. The van der Waals surface area contributed by atoms with Crippen LogP contribution in [-0.4, -0.2) is 11.5 Å². The molecule has 0 radical (unpaired) electrons. The highest BCUT2D eigenvalue weighted by Crippen LogP contribution is 2.30. The highest BCUT2D eigenvalue weighted by Gasteiger charge is 2.13. The zero-order chi connectivity index (χ0) is 14.0. The minimum absolute atomic E-state index is 0.500. The summed E-state index contributed by atoms with van der Waals surface area (Å²) in [6.07, 6.45) is 1.73. The molecule has 1 aromatic heterocycles. The van der Waals surface area contributed by atoms with Crippen LogP contribution in [0.3, 0.4) is 0 Å².